The topological polar surface area (TPSA) is 84.4 Å². The van der Waals surface area contributed by atoms with Gasteiger partial charge in [0.05, 0.1) is 17.6 Å². The van der Waals surface area contributed by atoms with Gasteiger partial charge in [-0.15, -0.1) is 0 Å². The van der Waals surface area contributed by atoms with E-state index in [9.17, 15) is 4.79 Å². The lowest BCUT2D eigenvalue weighted by Gasteiger charge is -1.96. The molecule has 0 radical (unpaired) electrons. The number of H-pyrrole nitrogens is 1. The van der Waals surface area contributed by atoms with Gasteiger partial charge in [-0.2, -0.15) is 5.10 Å². The van der Waals surface area contributed by atoms with Gasteiger partial charge >= 0.3 is 5.97 Å². The molecule has 0 unspecified atom stereocenters. The normalized spacial score (nSPS) is 13.2. The van der Waals surface area contributed by atoms with E-state index in [1.54, 1.807) is 12.1 Å². The van der Waals surface area contributed by atoms with Crippen LogP contribution in [0.5, 0.6) is 11.5 Å². The molecule has 6 heteroatoms. The minimum atomic E-state index is -0.900. The van der Waals surface area contributed by atoms with Gasteiger partial charge in [0.2, 0.25) is 6.79 Å². The Morgan fingerprint density at radius 1 is 1.44 bits per heavy atom. The number of ether oxygens (including phenoxy) is 2. The highest BCUT2D eigenvalue weighted by atomic mass is 16.7. The number of hydrogen-bond acceptors (Lipinski definition) is 4. The number of fused-ring (bicyclic) bond motifs is 2. The summed E-state index contributed by atoms with van der Waals surface area (Å²) in [6.07, 6.45) is -0.0872. The largest absolute Gasteiger partial charge is 0.481 e. The van der Waals surface area contributed by atoms with E-state index in [1.807, 2.05) is 0 Å². The van der Waals surface area contributed by atoms with Gasteiger partial charge in [-0.25, -0.2) is 0 Å². The molecule has 0 saturated heterocycles. The molecule has 3 rings (SSSR count). The highest BCUT2D eigenvalue weighted by Gasteiger charge is 2.18. The Labute approximate surface area is 89.8 Å². The maximum atomic E-state index is 10.6. The molecule has 0 fully saturated rings. The number of aromatic nitrogens is 2. The quantitative estimate of drug-likeness (QED) is 0.786. The molecule has 0 atom stereocenters. The van der Waals surface area contributed by atoms with Crippen molar-refractivity contribution in [2.24, 2.45) is 0 Å². The van der Waals surface area contributed by atoms with Crippen molar-refractivity contribution in [3.05, 3.63) is 17.8 Å². The van der Waals surface area contributed by atoms with Gasteiger partial charge in [0, 0.05) is 11.5 Å². The standard InChI is InChI=1S/C10H8N2O4/c13-10(14)3-7-5-1-8-9(16-4-15-8)2-6(5)11-12-7/h1-2H,3-4H2,(H,11,12)(H,13,14). The summed E-state index contributed by atoms with van der Waals surface area (Å²) in [7, 11) is 0. The van der Waals surface area contributed by atoms with Crippen molar-refractivity contribution < 1.29 is 19.4 Å². The van der Waals surface area contributed by atoms with Crippen LogP contribution in [0, 0.1) is 0 Å². The summed E-state index contributed by atoms with van der Waals surface area (Å²) >= 11 is 0. The number of carbonyl (C=O) groups is 1. The molecule has 6 nitrogen and oxygen atoms in total. The van der Waals surface area contributed by atoms with E-state index in [2.05, 4.69) is 10.2 Å². The zero-order valence-corrected chi connectivity index (χ0v) is 8.19. The van der Waals surface area contributed by atoms with E-state index in [-0.39, 0.29) is 13.2 Å². The van der Waals surface area contributed by atoms with E-state index in [0.29, 0.717) is 22.7 Å². The molecule has 0 spiro atoms. The average Bonchev–Trinajstić information content (AvgIpc) is 2.81. The van der Waals surface area contributed by atoms with Crippen LogP contribution in [0.25, 0.3) is 10.9 Å². The zero-order valence-electron chi connectivity index (χ0n) is 8.19. The fraction of sp³-hybridized carbons (Fsp3) is 0.200. The van der Waals surface area contributed by atoms with Crippen LogP contribution < -0.4 is 9.47 Å². The van der Waals surface area contributed by atoms with E-state index < -0.39 is 5.97 Å². The predicted octanol–water partition coefficient (Wildman–Crippen LogP) is 0.919. The Balaban J connectivity index is 2.15. The third-order valence-corrected chi connectivity index (χ3v) is 2.46. The Morgan fingerprint density at radius 3 is 2.94 bits per heavy atom. The highest BCUT2D eigenvalue weighted by molar-refractivity contribution is 5.88. The number of carboxylic acids is 1. The summed E-state index contributed by atoms with van der Waals surface area (Å²) in [6, 6.07) is 3.49. The smallest absolute Gasteiger partial charge is 0.309 e. The third kappa shape index (κ3) is 1.27. The second-order valence-corrected chi connectivity index (χ2v) is 3.50. The van der Waals surface area contributed by atoms with Crippen LogP contribution in [0.4, 0.5) is 0 Å². The molecule has 0 saturated carbocycles. The molecule has 1 aliphatic rings. The minimum absolute atomic E-state index is 0.0872. The monoisotopic (exact) mass is 220 g/mol. The van der Waals surface area contributed by atoms with Crippen LogP contribution in [0.2, 0.25) is 0 Å². The molecular weight excluding hydrogens is 212 g/mol. The lowest BCUT2D eigenvalue weighted by atomic mass is 10.1. The number of rotatable bonds is 2. The average molecular weight is 220 g/mol. The predicted molar refractivity (Wildman–Crippen MR) is 53.6 cm³/mol. The second-order valence-electron chi connectivity index (χ2n) is 3.50. The SMILES string of the molecule is O=C(O)Cc1[nH]nc2cc3c(cc12)OCO3. The van der Waals surface area contributed by atoms with Gasteiger partial charge in [-0.3, -0.25) is 9.89 Å². The first-order chi connectivity index (χ1) is 7.74. The molecular formula is C10H8N2O4. The van der Waals surface area contributed by atoms with Crippen molar-refractivity contribution in [2.45, 2.75) is 6.42 Å². The van der Waals surface area contributed by atoms with E-state index in [1.165, 1.54) is 0 Å². The van der Waals surface area contributed by atoms with Crippen LogP contribution in [-0.4, -0.2) is 28.1 Å². The number of benzene rings is 1. The molecule has 2 N–H and O–H groups in total. The summed E-state index contributed by atoms with van der Waals surface area (Å²) in [5.41, 5.74) is 1.25. The Morgan fingerprint density at radius 2 is 2.19 bits per heavy atom. The minimum Gasteiger partial charge on any atom is -0.481 e. The number of aliphatic carboxylic acids is 1. The fourth-order valence-electron chi connectivity index (χ4n) is 1.74. The molecule has 2 aromatic rings. The van der Waals surface area contributed by atoms with Crippen LogP contribution >= 0.6 is 0 Å². The lowest BCUT2D eigenvalue weighted by Crippen LogP contribution is -2.00. The molecule has 82 valence electrons. The summed E-state index contributed by atoms with van der Waals surface area (Å²) in [6.45, 7) is 0.194. The first-order valence-electron chi connectivity index (χ1n) is 4.72. The summed E-state index contributed by atoms with van der Waals surface area (Å²) in [5, 5.41) is 16.2. The first-order valence-corrected chi connectivity index (χ1v) is 4.72. The van der Waals surface area contributed by atoms with Crippen molar-refractivity contribution in [3.63, 3.8) is 0 Å². The second kappa shape index (κ2) is 3.13. The Kier molecular flexibility index (Phi) is 1.76. The van der Waals surface area contributed by atoms with E-state index >= 15 is 0 Å². The number of hydrogen-bond donors (Lipinski definition) is 2. The van der Waals surface area contributed by atoms with Gasteiger partial charge in [-0.05, 0) is 6.07 Å². The number of nitrogens with one attached hydrogen (secondary N) is 1. The Hall–Kier alpha value is -2.24. The molecule has 2 heterocycles. The van der Waals surface area contributed by atoms with Crippen molar-refractivity contribution in [1.29, 1.82) is 0 Å². The molecule has 16 heavy (non-hydrogen) atoms. The number of nitrogens with zero attached hydrogens (tertiary/aromatic N) is 1. The number of aromatic amines is 1. The van der Waals surface area contributed by atoms with Crippen LogP contribution in [0.15, 0.2) is 12.1 Å². The van der Waals surface area contributed by atoms with Gasteiger partial charge in [0.1, 0.15) is 0 Å². The first kappa shape index (κ1) is 9.02. The maximum Gasteiger partial charge on any atom is 0.309 e. The molecule has 0 amide bonds. The summed E-state index contributed by atoms with van der Waals surface area (Å²) in [4.78, 5) is 10.6. The maximum absolute atomic E-state index is 10.6. The van der Waals surface area contributed by atoms with Crippen molar-refractivity contribution in [2.75, 3.05) is 6.79 Å². The highest BCUT2D eigenvalue weighted by Crippen LogP contribution is 2.36. The molecule has 1 aromatic heterocycles. The van der Waals surface area contributed by atoms with E-state index in [4.69, 9.17) is 14.6 Å². The van der Waals surface area contributed by atoms with Crippen molar-refractivity contribution in [3.8, 4) is 11.5 Å². The number of carboxylic acid groups (broad SMARTS) is 1. The summed E-state index contributed by atoms with van der Waals surface area (Å²) < 4.78 is 10.4. The Bertz CT molecular complexity index is 575. The fourth-order valence-corrected chi connectivity index (χ4v) is 1.74. The third-order valence-electron chi connectivity index (χ3n) is 2.46. The molecule has 1 aliphatic heterocycles. The lowest BCUT2D eigenvalue weighted by molar-refractivity contribution is -0.136. The zero-order chi connectivity index (χ0) is 11.1. The van der Waals surface area contributed by atoms with Gasteiger partial charge < -0.3 is 14.6 Å². The van der Waals surface area contributed by atoms with Gasteiger partial charge in [0.15, 0.2) is 11.5 Å². The van der Waals surface area contributed by atoms with E-state index in [0.717, 1.165) is 5.39 Å². The van der Waals surface area contributed by atoms with Gasteiger partial charge in [0.25, 0.3) is 0 Å². The van der Waals surface area contributed by atoms with Gasteiger partial charge in [-0.1, -0.05) is 0 Å². The van der Waals surface area contributed by atoms with Crippen LogP contribution in [-0.2, 0) is 11.2 Å². The van der Waals surface area contributed by atoms with Crippen molar-refractivity contribution >= 4 is 16.9 Å². The van der Waals surface area contributed by atoms with Crippen molar-refractivity contribution in [1.82, 2.24) is 10.2 Å². The summed E-state index contributed by atoms with van der Waals surface area (Å²) in [5.74, 6) is 0.365. The van der Waals surface area contributed by atoms with Crippen LogP contribution in [0.1, 0.15) is 5.69 Å². The molecule has 1 aromatic carbocycles. The van der Waals surface area contributed by atoms with Crippen LogP contribution in [0.3, 0.4) is 0 Å². The molecule has 0 bridgehead atoms. The molecule has 0 aliphatic carbocycles.